The summed E-state index contributed by atoms with van der Waals surface area (Å²) in [6.07, 6.45) is 5.05. The van der Waals surface area contributed by atoms with E-state index < -0.39 is 8.07 Å². The van der Waals surface area contributed by atoms with Crippen LogP contribution in [0.2, 0.25) is 25.7 Å². The lowest BCUT2D eigenvalue weighted by Crippen LogP contribution is -2.22. The molecular formula is C23H29N7O2Si. The molecule has 0 unspecified atom stereocenters. The molecule has 0 amide bonds. The van der Waals surface area contributed by atoms with Gasteiger partial charge in [0, 0.05) is 38.4 Å². The van der Waals surface area contributed by atoms with Crippen molar-refractivity contribution >= 4 is 42.1 Å². The van der Waals surface area contributed by atoms with Gasteiger partial charge in [0.2, 0.25) is 0 Å². The third-order valence-electron chi connectivity index (χ3n) is 5.02. The number of fused-ring (bicyclic) bond motifs is 1. The number of methoxy groups -OCH3 is 1. The van der Waals surface area contributed by atoms with Crippen LogP contribution in [0.25, 0.3) is 10.9 Å². The number of benzene rings is 1. The number of pyridine rings is 1. The molecule has 3 heterocycles. The second-order valence-corrected chi connectivity index (χ2v) is 14.5. The SMILES string of the molecule is COc1cc2c(cnn2COCC[Si](C)(C)C)cc1Nc1cc(Nc2ccccn2)ncn1. The summed E-state index contributed by atoms with van der Waals surface area (Å²) < 4.78 is 13.4. The molecule has 9 nitrogen and oxygen atoms in total. The summed E-state index contributed by atoms with van der Waals surface area (Å²) in [5.41, 5.74) is 1.73. The summed E-state index contributed by atoms with van der Waals surface area (Å²) in [6, 6.07) is 12.5. The fourth-order valence-electron chi connectivity index (χ4n) is 3.21. The molecule has 33 heavy (non-hydrogen) atoms. The van der Waals surface area contributed by atoms with E-state index in [1.54, 1.807) is 13.3 Å². The molecule has 2 N–H and O–H groups in total. The molecule has 0 radical (unpaired) electrons. The Morgan fingerprint density at radius 3 is 2.52 bits per heavy atom. The molecular weight excluding hydrogens is 434 g/mol. The summed E-state index contributed by atoms with van der Waals surface area (Å²) in [5, 5.41) is 12.0. The molecule has 0 aliphatic carbocycles. The van der Waals surface area contributed by atoms with Gasteiger partial charge in [0.05, 0.1) is 24.5 Å². The first-order chi connectivity index (χ1) is 15.9. The number of nitrogens with one attached hydrogen (secondary N) is 2. The maximum absolute atomic E-state index is 5.87. The average molecular weight is 464 g/mol. The van der Waals surface area contributed by atoms with E-state index in [1.807, 2.05) is 47.3 Å². The molecule has 3 aromatic heterocycles. The smallest absolute Gasteiger partial charge is 0.144 e. The first kappa shape index (κ1) is 22.7. The van der Waals surface area contributed by atoms with Gasteiger partial charge in [-0.15, -0.1) is 0 Å². The van der Waals surface area contributed by atoms with Crippen molar-refractivity contribution in [3.05, 3.63) is 55.1 Å². The standard InChI is InChI=1S/C23H29N7O2Si/c1-31-20-12-19-17(14-27-30(19)16-32-9-10-33(2,3)4)11-18(20)28-22-13-23(26-15-25-22)29-21-7-5-6-8-24-21/h5-8,11-15H,9-10,16H2,1-4H3,(H2,24,25,26,28,29). The van der Waals surface area contributed by atoms with Gasteiger partial charge in [-0.25, -0.2) is 19.6 Å². The zero-order valence-corrected chi connectivity index (χ0v) is 20.4. The molecule has 10 heteroatoms. The van der Waals surface area contributed by atoms with Crippen LogP contribution in [-0.4, -0.2) is 46.5 Å². The van der Waals surface area contributed by atoms with Crippen molar-refractivity contribution in [2.45, 2.75) is 32.4 Å². The van der Waals surface area contributed by atoms with Crippen molar-refractivity contribution in [1.82, 2.24) is 24.7 Å². The first-order valence-corrected chi connectivity index (χ1v) is 14.5. The van der Waals surface area contributed by atoms with Crippen LogP contribution in [0.15, 0.2) is 55.1 Å². The van der Waals surface area contributed by atoms with Crippen LogP contribution in [0, 0.1) is 0 Å². The maximum Gasteiger partial charge on any atom is 0.144 e. The summed E-state index contributed by atoms with van der Waals surface area (Å²) >= 11 is 0. The average Bonchev–Trinajstić information content (AvgIpc) is 3.18. The third-order valence-corrected chi connectivity index (χ3v) is 6.73. The molecule has 0 saturated heterocycles. The molecule has 0 aliphatic heterocycles. The van der Waals surface area contributed by atoms with Gasteiger partial charge < -0.3 is 20.1 Å². The van der Waals surface area contributed by atoms with E-state index in [4.69, 9.17) is 9.47 Å². The fourth-order valence-corrected chi connectivity index (χ4v) is 3.96. The lowest BCUT2D eigenvalue weighted by atomic mass is 10.2. The molecule has 0 saturated carbocycles. The van der Waals surface area contributed by atoms with E-state index >= 15 is 0 Å². The number of aromatic nitrogens is 5. The van der Waals surface area contributed by atoms with Crippen LogP contribution in [0.4, 0.5) is 23.1 Å². The molecule has 0 bridgehead atoms. The Morgan fingerprint density at radius 2 is 1.79 bits per heavy atom. The minimum atomic E-state index is -1.12. The third kappa shape index (κ3) is 6.05. The summed E-state index contributed by atoms with van der Waals surface area (Å²) in [5.74, 6) is 2.66. The minimum Gasteiger partial charge on any atom is -0.494 e. The second kappa shape index (κ2) is 9.97. The topological polar surface area (TPSA) is 99.0 Å². The van der Waals surface area contributed by atoms with Gasteiger partial charge in [0.25, 0.3) is 0 Å². The lowest BCUT2D eigenvalue weighted by Gasteiger charge is -2.15. The fraction of sp³-hybridized carbons (Fsp3) is 0.304. The Bertz CT molecular complexity index is 1210. The van der Waals surface area contributed by atoms with Gasteiger partial charge in [0.15, 0.2) is 0 Å². The van der Waals surface area contributed by atoms with Crippen LogP contribution in [0.3, 0.4) is 0 Å². The highest BCUT2D eigenvalue weighted by atomic mass is 28.3. The van der Waals surface area contributed by atoms with E-state index in [-0.39, 0.29) is 0 Å². The molecule has 0 spiro atoms. The van der Waals surface area contributed by atoms with Crippen LogP contribution in [0.1, 0.15) is 0 Å². The monoisotopic (exact) mass is 463 g/mol. The Morgan fingerprint density at radius 1 is 0.970 bits per heavy atom. The summed E-state index contributed by atoms with van der Waals surface area (Å²) in [7, 11) is 0.524. The lowest BCUT2D eigenvalue weighted by molar-refractivity contribution is 0.0817. The highest BCUT2D eigenvalue weighted by Gasteiger charge is 2.14. The molecule has 4 aromatic rings. The van der Waals surface area contributed by atoms with Gasteiger partial charge in [0.1, 0.15) is 36.3 Å². The molecule has 1 aromatic carbocycles. The number of hydrogen-bond donors (Lipinski definition) is 2. The molecule has 0 aliphatic rings. The van der Waals surface area contributed by atoms with Gasteiger partial charge in [-0.3, -0.25) is 0 Å². The number of rotatable bonds is 10. The normalized spacial score (nSPS) is 11.5. The Kier molecular flexibility index (Phi) is 6.85. The van der Waals surface area contributed by atoms with E-state index in [0.717, 1.165) is 29.2 Å². The van der Waals surface area contributed by atoms with E-state index in [0.29, 0.717) is 29.9 Å². The van der Waals surface area contributed by atoms with Crippen molar-refractivity contribution in [2.24, 2.45) is 0 Å². The van der Waals surface area contributed by atoms with Crippen molar-refractivity contribution < 1.29 is 9.47 Å². The van der Waals surface area contributed by atoms with E-state index in [9.17, 15) is 0 Å². The zero-order chi connectivity index (χ0) is 23.3. The van der Waals surface area contributed by atoms with Gasteiger partial charge in [-0.2, -0.15) is 5.10 Å². The number of ether oxygens (including phenoxy) is 2. The van der Waals surface area contributed by atoms with Crippen molar-refractivity contribution in [2.75, 3.05) is 24.4 Å². The van der Waals surface area contributed by atoms with Crippen LogP contribution in [0.5, 0.6) is 5.75 Å². The van der Waals surface area contributed by atoms with Crippen molar-refractivity contribution in [3.63, 3.8) is 0 Å². The van der Waals surface area contributed by atoms with Crippen molar-refractivity contribution in [1.29, 1.82) is 0 Å². The number of anilines is 4. The highest BCUT2D eigenvalue weighted by molar-refractivity contribution is 6.76. The Balaban J connectivity index is 1.50. The van der Waals surface area contributed by atoms with Gasteiger partial charge in [-0.1, -0.05) is 25.7 Å². The van der Waals surface area contributed by atoms with Gasteiger partial charge >= 0.3 is 0 Å². The molecule has 4 rings (SSSR count). The second-order valence-electron chi connectivity index (χ2n) is 8.86. The van der Waals surface area contributed by atoms with E-state index in [1.165, 1.54) is 6.33 Å². The van der Waals surface area contributed by atoms with E-state index in [2.05, 4.69) is 50.3 Å². The summed E-state index contributed by atoms with van der Waals surface area (Å²) in [6.45, 7) is 8.19. The largest absolute Gasteiger partial charge is 0.494 e. The van der Waals surface area contributed by atoms with Crippen molar-refractivity contribution in [3.8, 4) is 5.75 Å². The maximum atomic E-state index is 5.87. The van der Waals surface area contributed by atoms with Crippen LogP contribution in [-0.2, 0) is 11.5 Å². The Hall–Kier alpha value is -3.50. The quantitative estimate of drug-likeness (QED) is 0.250. The van der Waals surface area contributed by atoms with Crippen LogP contribution < -0.4 is 15.4 Å². The number of nitrogens with zero attached hydrogens (tertiary/aromatic N) is 5. The predicted octanol–water partition coefficient (Wildman–Crippen LogP) is 5.03. The summed E-state index contributed by atoms with van der Waals surface area (Å²) in [4.78, 5) is 12.9. The highest BCUT2D eigenvalue weighted by Crippen LogP contribution is 2.32. The number of hydrogen-bond acceptors (Lipinski definition) is 8. The predicted molar refractivity (Wildman–Crippen MR) is 133 cm³/mol. The first-order valence-electron chi connectivity index (χ1n) is 10.8. The molecule has 0 atom stereocenters. The zero-order valence-electron chi connectivity index (χ0n) is 19.4. The minimum absolute atomic E-state index is 0.415. The molecule has 0 fully saturated rings. The molecule has 172 valence electrons. The van der Waals surface area contributed by atoms with Gasteiger partial charge in [-0.05, 0) is 24.2 Å². The Labute approximate surface area is 194 Å². The van der Waals surface area contributed by atoms with Crippen LogP contribution >= 0.6 is 0 Å².